The van der Waals surface area contributed by atoms with Crippen molar-refractivity contribution in [3.8, 4) is 0 Å². The molecule has 6 heteroatoms. The molecule has 0 aliphatic heterocycles. The van der Waals surface area contributed by atoms with Gasteiger partial charge in [0, 0.05) is 0 Å². The van der Waals surface area contributed by atoms with E-state index in [4.69, 9.17) is 10.2 Å². The van der Waals surface area contributed by atoms with Crippen LogP contribution in [0.1, 0.15) is 6.92 Å². The van der Waals surface area contributed by atoms with Gasteiger partial charge in [0.05, 0.1) is 9.47 Å². The van der Waals surface area contributed by atoms with Crippen LogP contribution in [0.3, 0.4) is 0 Å². The Morgan fingerprint density at radius 1 is 1.36 bits per heavy atom. The van der Waals surface area contributed by atoms with Crippen LogP contribution in [-0.2, 0) is 14.1 Å². The van der Waals surface area contributed by atoms with Crippen LogP contribution < -0.4 is 0 Å². The number of Topliss-reactive ketones (excluding diaryl/α,β-unsaturated/α-hetero) is 1. The number of aliphatic hydroxyl groups excluding tert-OH is 2. The Labute approximate surface area is 65.6 Å². The fourth-order valence-corrected chi connectivity index (χ4v) is 0.560. The highest BCUT2D eigenvalue weighted by molar-refractivity contribution is 7.10. The van der Waals surface area contributed by atoms with Crippen molar-refractivity contribution in [1.29, 1.82) is 0 Å². The van der Waals surface area contributed by atoms with E-state index in [2.05, 4.69) is 4.52 Å². The maximum absolute atomic E-state index is 10.5. The number of carbonyl (C=O) groups is 2. The van der Waals surface area contributed by atoms with Crippen molar-refractivity contribution in [3.63, 3.8) is 0 Å². The molecular weight excluding hydrogens is 171 g/mol. The zero-order valence-corrected chi connectivity index (χ0v) is 7.01. The zero-order chi connectivity index (χ0) is 9.02. The quantitative estimate of drug-likeness (QED) is 0.523. The van der Waals surface area contributed by atoms with Crippen LogP contribution in [-0.4, -0.2) is 34.2 Å². The first kappa shape index (κ1) is 10.5. The van der Waals surface area contributed by atoms with Crippen molar-refractivity contribution in [1.82, 2.24) is 0 Å². The normalized spacial score (nSPS) is 15.3. The van der Waals surface area contributed by atoms with Gasteiger partial charge in [-0.3, -0.25) is 4.79 Å². The van der Waals surface area contributed by atoms with Gasteiger partial charge in [-0.25, -0.2) is 4.79 Å². The Hall–Kier alpha value is -0.510. The molecule has 5 nitrogen and oxygen atoms in total. The number of hydrogen-bond acceptors (Lipinski definition) is 5. The molecule has 0 rings (SSSR count). The third-order valence-corrected chi connectivity index (χ3v) is 1.31. The summed E-state index contributed by atoms with van der Waals surface area (Å²) in [4.78, 5) is 20.8. The highest BCUT2D eigenvalue weighted by Crippen LogP contribution is 2.00. The first-order chi connectivity index (χ1) is 5.00. The van der Waals surface area contributed by atoms with Crippen LogP contribution in [0.2, 0.25) is 0 Å². The number of ketones is 1. The number of carbonyl (C=O) groups excluding carboxylic acids is 2. The smallest absolute Gasteiger partial charge is 0.340 e. The van der Waals surface area contributed by atoms with Gasteiger partial charge in [0.1, 0.15) is 6.10 Å². The van der Waals surface area contributed by atoms with E-state index in [-0.39, 0.29) is 0 Å². The molecule has 0 bridgehead atoms. The highest BCUT2D eigenvalue weighted by atomic mass is 31.0. The van der Waals surface area contributed by atoms with Crippen molar-refractivity contribution in [2.45, 2.75) is 19.1 Å². The van der Waals surface area contributed by atoms with E-state index in [1.165, 1.54) is 0 Å². The molecule has 11 heavy (non-hydrogen) atoms. The van der Waals surface area contributed by atoms with Gasteiger partial charge in [-0.05, 0) is 6.92 Å². The molecule has 0 fully saturated rings. The molecule has 2 N–H and O–H groups in total. The third kappa shape index (κ3) is 2.93. The van der Waals surface area contributed by atoms with Crippen molar-refractivity contribution in [2.75, 3.05) is 0 Å². The van der Waals surface area contributed by atoms with Crippen molar-refractivity contribution in [2.24, 2.45) is 0 Å². The summed E-state index contributed by atoms with van der Waals surface area (Å²) in [5.41, 5.74) is 0. The van der Waals surface area contributed by atoms with Crippen LogP contribution in [0, 0.1) is 0 Å². The lowest BCUT2D eigenvalue weighted by Gasteiger charge is -2.11. The van der Waals surface area contributed by atoms with Crippen LogP contribution in [0.25, 0.3) is 0 Å². The lowest BCUT2D eigenvalue weighted by Crippen LogP contribution is -2.38. The molecule has 0 aliphatic rings. The van der Waals surface area contributed by atoms with Crippen LogP contribution in [0.15, 0.2) is 0 Å². The van der Waals surface area contributed by atoms with E-state index in [0.717, 1.165) is 6.92 Å². The standard InChI is InChI=1S/C5H9O5P/c1-2(6)3(7)4(8)5(9)10-11/h3-4,7-8H,11H2,1H3/t3-,4+/m1/s1. The minimum Gasteiger partial charge on any atom is -0.450 e. The van der Waals surface area contributed by atoms with Gasteiger partial charge in [0.15, 0.2) is 11.9 Å². The fraction of sp³-hybridized carbons (Fsp3) is 0.600. The van der Waals surface area contributed by atoms with Gasteiger partial charge in [0.2, 0.25) is 0 Å². The Balaban J connectivity index is 4.12. The SMILES string of the molecule is CC(=O)[C@@H](O)[C@H](O)C(=O)OP. The van der Waals surface area contributed by atoms with Crippen LogP contribution in [0.5, 0.6) is 0 Å². The van der Waals surface area contributed by atoms with Crippen LogP contribution in [0.4, 0.5) is 0 Å². The first-order valence-corrected chi connectivity index (χ1v) is 3.25. The van der Waals surface area contributed by atoms with Crippen molar-refractivity contribution in [3.05, 3.63) is 0 Å². The summed E-state index contributed by atoms with van der Waals surface area (Å²) in [6, 6.07) is 0. The van der Waals surface area contributed by atoms with E-state index >= 15 is 0 Å². The fourth-order valence-electron chi connectivity index (χ4n) is 0.421. The average Bonchev–Trinajstić information content (AvgIpc) is 2.00. The summed E-state index contributed by atoms with van der Waals surface area (Å²) in [5.74, 6) is -1.74. The summed E-state index contributed by atoms with van der Waals surface area (Å²) < 4.78 is 4.00. The molecule has 0 saturated carbocycles. The van der Waals surface area contributed by atoms with Gasteiger partial charge >= 0.3 is 5.97 Å². The molecule has 0 heterocycles. The molecule has 0 aromatic rings. The van der Waals surface area contributed by atoms with Gasteiger partial charge in [-0.2, -0.15) is 0 Å². The number of aliphatic hydroxyl groups is 2. The van der Waals surface area contributed by atoms with Gasteiger partial charge in [-0.15, -0.1) is 0 Å². The Kier molecular flexibility index (Phi) is 4.18. The summed E-state index contributed by atoms with van der Waals surface area (Å²) in [6.07, 6.45) is -3.51. The Morgan fingerprint density at radius 3 is 2.09 bits per heavy atom. The molecule has 3 atom stereocenters. The van der Waals surface area contributed by atoms with Gasteiger partial charge in [0.25, 0.3) is 0 Å². The summed E-state index contributed by atoms with van der Waals surface area (Å²) in [7, 11) is 1.61. The van der Waals surface area contributed by atoms with E-state index in [1.54, 1.807) is 9.47 Å². The van der Waals surface area contributed by atoms with Crippen molar-refractivity contribution < 1.29 is 24.3 Å². The summed E-state index contributed by atoms with van der Waals surface area (Å²) >= 11 is 0. The second-order valence-corrected chi connectivity index (χ2v) is 2.17. The predicted molar refractivity (Wildman–Crippen MR) is 38.5 cm³/mol. The molecule has 0 saturated heterocycles. The average molecular weight is 180 g/mol. The van der Waals surface area contributed by atoms with E-state index in [1.807, 2.05) is 0 Å². The lowest BCUT2D eigenvalue weighted by atomic mass is 10.1. The predicted octanol–water partition coefficient (Wildman–Crippen LogP) is -1.37. The molecule has 1 unspecified atom stereocenters. The topological polar surface area (TPSA) is 83.8 Å². The monoisotopic (exact) mass is 180 g/mol. The number of hydrogen-bond donors (Lipinski definition) is 2. The molecule has 0 radical (unpaired) electrons. The largest absolute Gasteiger partial charge is 0.450 e. The Morgan fingerprint density at radius 2 is 1.82 bits per heavy atom. The molecule has 0 spiro atoms. The summed E-state index contributed by atoms with van der Waals surface area (Å²) in [6.45, 7) is 1.06. The van der Waals surface area contributed by atoms with Gasteiger partial charge in [-0.1, -0.05) is 0 Å². The van der Waals surface area contributed by atoms with E-state index in [9.17, 15) is 9.59 Å². The molecule has 0 aliphatic carbocycles. The van der Waals surface area contributed by atoms with Gasteiger partial charge < -0.3 is 14.7 Å². The minimum atomic E-state index is -1.80. The molecule has 0 amide bonds. The minimum absolute atomic E-state index is 0.687. The van der Waals surface area contributed by atoms with E-state index in [0.29, 0.717) is 0 Å². The molecular formula is C5H9O5P. The zero-order valence-electron chi connectivity index (χ0n) is 5.85. The highest BCUT2D eigenvalue weighted by Gasteiger charge is 2.28. The summed E-state index contributed by atoms with van der Waals surface area (Å²) in [5, 5.41) is 17.6. The molecule has 64 valence electrons. The first-order valence-electron chi connectivity index (χ1n) is 2.78. The number of rotatable bonds is 3. The second-order valence-electron chi connectivity index (χ2n) is 1.94. The lowest BCUT2D eigenvalue weighted by molar-refractivity contribution is -0.153. The van der Waals surface area contributed by atoms with Crippen molar-refractivity contribution >= 4 is 21.2 Å². The maximum atomic E-state index is 10.5. The van der Waals surface area contributed by atoms with E-state index < -0.39 is 24.0 Å². The van der Waals surface area contributed by atoms with Crippen LogP contribution >= 0.6 is 9.47 Å². The second kappa shape index (κ2) is 4.38. The maximum Gasteiger partial charge on any atom is 0.340 e. The molecule has 0 aromatic carbocycles. The molecule has 0 aromatic heterocycles. The third-order valence-electron chi connectivity index (χ3n) is 1.07. The Bertz CT molecular complexity index is 168.